The molecule has 2 heterocycles. The molecule has 3 N–H and O–H groups in total. The van der Waals surface area contributed by atoms with E-state index in [4.69, 9.17) is 10.5 Å². The minimum atomic E-state index is -0.997. The number of aryl methyl sites for hydroxylation is 1. The van der Waals surface area contributed by atoms with Crippen LogP contribution < -0.4 is 15.8 Å². The minimum absolute atomic E-state index is 0.401. The first-order valence-electron chi connectivity index (χ1n) is 10.2. The molecule has 1 atom stereocenters. The van der Waals surface area contributed by atoms with Gasteiger partial charge in [0, 0.05) is 31.3 Å². The number of aromatic nitrogens is 2. The molecule has 30 heavy (non-hydrogen) atoms. The third-order valence-electron chi connectivity index (χ3n) is 5.15. The molecule has 6 heteroatoms. The fourth-order valence-electron chi connectivity index (χ4n) is 3.53. The van der Waals surface area contributed by atoms with Gasteiger partial charge in [0.2, 0.25) is 5.91 Å². The number of hydrogen-bond donors (Lipinski definition) is 2. The lowest BCUT2D eigenvalue weighted by atomic mass is 9.83. The van der Waals surface area contributed by atoms with Gasteiger partial charge in [-0.3, -0.25) is 20.1 Å². The van der Waals surface area contributed by atoms with E-state index in [1.165, 1.54) is 0 Å². The Balaban J connectivity index is 1.84. The van der Waals surface area contributed by atoms with E-state index < -0.39 is 11.4 Å². The number of carbonyl (C=O) groups is 1. The highest BCUT2D eigenvalue weighted by Crippen LogP contribution is 2.29. The van der Waals surface area contributed by atoms with Gasteiger partial charge in [-0.05, 0) is 67.1 Å². The quantitative estimate of drug-likeness (QED) is 0.513. The lowest BCUT2D eigenvalue weighted by molar-refractivity contribution is -0.125. The SMILES string of the molecule is CCOc1ccc(C(CCc2cccnc2)(NCCc2cccnc2)C(N)=O)cc1. The number of primary amides is 1. The zero-order valence-electron chi connectivity index (χ0n) is 17.3. The predicted molar refractivity (Wildman–Crippen MR) is 117 cm³/mol. The van der Waals surface area contributed by atoms with Crippen molar-refractivity contribution < 1.29 is 9.53 Å². The van der Waals surface area contributed by atoms with E-state index in [0.717, 1.165) is 28.9 Å². The average molecular weight is 405 g/mol. The van der Waals surface area contributed by atoms with E-state index in [0.29, 0.717) is 26.0 Å². The molecule has 0 saturated heterocycles. The summed E-state index contributed by atoms with van der Waals surface area (Å²) in [4.78, 5) is 21.1. The average Bonchev–Trinajstić information content (AvgIpc) is 2.78. The number of nitrogens with one attached hydrogen (secondary N) is 1. The molecule has 1 unspecified atom stereocenters. The first-order chi connectivity index (χ1) is 14.6. The number of pyridine rings is 2. The molecular weight excluding hydrogens is 376 g/mol. The summed E-state index contributed by atoms with van der Waals surface area (Å²) in [5, 5.41) is 3.46. The Kier molecular flexibility index (Phi) is 7.51. The molecule has 0 fully saturated rings. The topological polar surface area (TPSA) is 90.1 Å². The molecule has 0 aliphatic carbocycles. The van der Waals surface area contributed by atoms with Gasteiger partial charge in [-0.1, -0.05) is 24.3 Å². The second-order valence-corrected chi connectivity index (χ2v) is 7.13. The maximum atomic E-state index is 12.8. The van der Waals surface area contributed by atoms with Gasteiger partial charge in [-0.25, -0.2) is 0 Å². The molecule has 0 saturated carbocycles. The largest absolute Gasteiger partial charge is 0.494 e. The molecule has 6 nitrogen and oxygen atoms in total. The highest BCUT2D eigenvalue weighted by Gasteiger charge is 2.37. The Morgan fingerprint density at radius 1 is 1.00 bits per heavy atom. The van der Waals surface area contributed by atoms with Crippen molar-refractivity contribution in [3.8, 4) is 5.75 Å². The van der Waals surface area contributed by atoms with Gasteiger partial charge in [0.15, 0.2) is 0 Å². The van der Waals surface area contributed by atoms with Crippen molar-refractivity contribution >= 4 is 5.91 Å². The molecule has 0 bridgehead atoms. The van der Waals surface area contributed by atoms with Crippen LogP contribution in [0.1, 0.15) is 30.0 Å². The first-order valence-corrected chi connectivity index (χ1v) is 10.2. The van der Waals surface area contributed by atoms with Crippen LogP contribution in [0.3, 0.4) is 0 Å². The van der Waals surface area contributed by atoms with Gasteiger partial charge < -0.3 is 10.5 Å². The molecule has 3 rings (SSSR count). The molecule has 3 aromatic rings. The zero-order chi connectivity index (χ0) is 21.2. The van der Waals surface area contributed by atoms with Crippen LogP contribution in [0.5, 0.6) is 5.75 Å². The number of nitrogens with zero attached hydrogens (tertiary/aromatic N) is 2. The summed E-state index contributed by atoms with van der Waals surface area (Å²) >= 11 is 0. The Hall–Kier alpha value is -3.25. The highest BCUT2D eigenvalue weighted by molar-refractivity contribution is 5.86. The van der Waals surface area contributed by atoms with E-state index in [-0.39, 0.29) is 0 Å². The molecule has 0 aliphatic heterocycles. The monoisotopic (exact) mass is 404 g/mol. The van der Waals surface area contributed by atoms with Gasteiger partial charge >= 0.3 is 0 Å². The van der Waals surface area contributed by atoms with Crippen molar-refractivity contribution in [2.24, 2.45) is 5.73 Å². The highest BCUT2D eigenvalue weighted by atomic mass is 16.5. The molecule has 156 valence electrons. The van der Waals surface area contributed by atoms with Crippen LogP contribution in [0.4, 0.5) is 0 Å². The van der Waals surface area contributed by atoms with Crippen LogP contribution in [0.2, 0.25) is 0 Å². The Bertz CT molecular complexity index is 917. The molecule has 0 radical (unpaired) electrons. The van der Waals surface area contributed by atoms with E-state index in [1.54, 1.807) is 12.4 Å². The summed E-state index contributed by atoms with van der Waals surface area (Å²) in [5.41, 5.74) is 7.97. The summed E-state index contributed by atoms with van der Waals surface area (Å²) in [7, 11) is 0. The second kappa shape index (κ2) is 10.5. The fraction of sp³-hybridized carbons (Fsp3) is 0.292. The Labute approximate surface area is 177 Å². The smallest absolute Gasteiger partial charge is 0.242 e. The lowest BCUT2D eigenvalue weighted by Crippen LogP contribution is -2.53. The number of carbonyl (C=O) groups excluding carboxylic acids is 1. The summed E-state index contributed by atoms with van der Waals surface area (Å²) < 4.78 is 5.55. The fourth-order valence-corrected chi connectivity index (χ4v) is 3.53. The number of nitrogens with two attached hydrogens (primary N) is 1. The van der Waals surface area contributed by atoms with Crippen molar-refractivity contribution in [2.75, 3.05) is 13.2 Å². The molecule has 0 aliphatic rings. The summed E-state index contributed by atoms with van der Waals surface area (Å²) in [6.45, 7) is 3.12. The van der Waals surface area contributed by atoms with E-state index in [9.17, 15) is 4.79 Å². The maximum Gasteiger partial charge on any atom is 0.242 e. The predicted octanol–water partition coefficient (Wildman–Crippen LogP) is 3.02. The van der Waals surface area contributed by atoms with Gasteiger partial charge in [0.05, 0.1) is 6.61 Å². The van der Waals surface area contributed by atoms with Gasteiger partial charge in [-0.2, -0.15) is 0 Å². The van der Waals surface area contributed by atoms with E-state index in [2.05, 4.69) is 15.3 Å². The van der Waals surface area contributed by atoms with E-state index in [1.807, 2.05) is 67.8 Å². The van der Waals surface area contributed by atoms with Crippen LogP contribution in [-0.2, 0) is 23.2 Å². The Morgan fingerprint density at radius 2 is 1.63 bits per heavy atom. The lowest BCUT2D eigenvalue weighted by Gasteiger charge is -2.33. The van der Waals surface area contributed by atoms with Gasteiger partial charge in [-0.15, -0.1) is 0 Å². The number of hydrogen-bond acceptors (Lipinski definition) is 5. The van der Waals surface area contributed by atoms with Gasteiger partial charge in [0.25, 0.3) is 0 Å². The number of benzene rings is 1. The van der Waals surface area contributed by atoms with Crippen LogP contribution >= 0.6 is 0 Å². The second-order valence-electron chi connectivity index (χ2n) is 7.13. The normalized spacial score (nSPS) is 12.8. The molecule has 2 aromatic heterocycles. The Morgan fingerprint density at radius 3 is 2.17 bits per heavy atom. The standard InChI is InChI=1S/C24H28N4O2/c1-2-30-22-9-7-21(8-10-22)24(23(25)29,13-11-19-5-3-14-26-17-19)28-16-12-20-6-4-15-27-18-20/h3-10,14-15,17-18,28H,2,11-13,16H2,1H3,(H2,25,29). The van der Waals surface area contributed by atoms with Crippen molar-refractivity contribution in [1.29, 1.82) is 0 Å². The summed E-state index contributed by atoms with van der Waals surface area (Å²) in [6.07, 6.45) is 9.08. The summed E-state index contributed by atoms with van der Waals surface area (Å²) in [5.74, 6) is 0.365. The molecular formula is C24H28N4O2. The third kappa shape index (κ3) is 5.42. The first kappa shape index (κ1) is 21.5. The molecule has 0 spiro atoms. The van der Waals surface area contributed by atoms with Crippen LogP contribution in [0.25, 0.3) is 0 Å². The van der Waals surface area contributed by atoms with E-state index >= 15 is 0 Å². The van der Waals surface area contributed by atoms with Crippen LogP contribution in [-0.4, -0.2) is 29.0 Å². The van der Waals surface area contributed by atoms with Crippen molar-refractivity contribution in [2.45, 2.75) is 31.7 Å². The number of amides is 1. The number of ether oxygens (including phenoxy) is 1. The van der Waals surface area contributed by atoms with Crippen LogP contribution in [0.15, 0.2) is 73.3 Å². The third-order valence-corrected chi connectivity index (χ3v) is 5.15. The van der Waals surface area contributed by atoms with Crippen molar-refractivity contribution in [3.05, 3.63) is 90.0 Å². The minimum Gasteiger partial charge on any atom is -0.494 e. The molecule has 1 amide bonds. The molecule has 1 aromatic carbocycles. The van der Waals surface area contributed by atoms with Crippen molar-refractivity contribution in [1.82, 2.24) is 15.3 Å². The van der Waals surface area contributed by atoms with Crippen LogP contribution in [0, 0.1) is 0 Å². The van der Waals surface area contributed by atoms with Gasteiger partial charge in [0.1, 0.15) is 11.3 Å². The van der Waals surface area contributed by atoms with Crippen molar-refractivity contribution in [3.63, 3.8) is 0 Å². The zero-order valence-corrected chi connectivity index (χ0v) is 17.3. The maximum absolute atomic E-state index is 12.8. The summed E-state index contributed by atoms with van der Waals surface area (Å²) in [6, 6.07) is 15.4. The number of rotatable bonds is 11.